The number of rotatable bonds is 6. The maximum absolute atomic E-state index is 12.4. The summed E-state index contributed by atoms with van der Waals surface area (Å²) in [5.41, 5.74) is 4.85. The van der Waals surface area contributed by atoms with E-state index in [4.69, 9.17) is 5.11 Å². The van der Waals surface area contributed by atoms with Crippen molar-refractivity contribution in [3.63, 3.8) is 0 Å². The van der Waals surface area contributed by atoms with Gasteiger partial charge in [-0.25, -0.2) is 4.79 Å². The minimum absolute atomic E-state index is 0.0571. The Labute approximate surface area is 147 Å². The summed E-state index contributed by atoms with van der Waals surface area (Å²) in [5, 5.41) is 21.6. The van der Waals surface area contributed by atoms with Gasteiger partial charge in [-0.05, 0) is 55.2 Å². The first kappa shape index (κ1) is 18.7. The number of carboxylic acid groups (broad SMARTS) is 1. The lowest BCUT2D eigenvalue weighted by Gasteiger charge is -2.22. The van der Waals surface area contributed by atoms with Crippen molar-refractivity contribution in [1.82, 2.24) is 5.32 Å². The Morgan fingerprint density at radius 3 is 2.28 bits per heavy atom. The van der Waals surface area contributed by atoms with E-state index < -0.39 is 12.0 Å². The lowest BCUT2D eigenvalue weighted by Crippen LogP contribution is -2.33. The van der Waals surface area contributed by atoms with Crippen LogP contribution in [0, 0.1) is 20.8 Å². The Morgan fingerprint density at radius 1 is 1.08 bits per heavy atom. The number of hydrogen-bond donors (Lipinski definition) is 3. The van der Waals surface area contributed by atoms with Crippen molar-refractivity contribution in [3.05, 3.63) is 69.8 Å². The highest BCUT2D eigenvalue weighted by Gasteiger charge is 2.18. The number of nitrogens with one attached hydrogen (secondary N) is 1. The van der Waals surface area contributed by atoms with E-state index in [0.717, 1.165) is 22.3 Å². The van der Waals surface area contributed by atoms with Crippen LogP contribution >= 0.6 is 0 Å². The van der Waals surface area contributed by atoms with Crippen LogP contribution in [0.4, 0.5) is 0 Å². The molecule has 1 atom stereocenters. The van der Waals surface area contributed by atoms with Gasteiger partial charge in [0.25, 0.3) is 0 Å². The number of carboxylic acids is 1. The second-order valence-electron chi connectivity index (χ2n) is 6.30. The molecule has 5 heteroatoms. The smallest absolute Gasteiger partial charge is 0.335 e. The Hall–Kier alpha value is -2.66. The molecule has 2 rings (SSSR count). The number of aromatic carboxylic acids is 1. The van der Waals surface area contributed by atoms with Gasteiger partial charge in [-0.3, -0.25) is 4.79 Å². The molecule has 0 bridgehead atoms. The van der Waals surface area contributed by atoms with E-state index >= 15 is 0 Å². The van der Waals surface area contributed by atoms with Gasteiger partial charge in [0.05, 0.1) is 24.6 Å². The molecule has 0 aliphatic rings. The fourth-order valence-electron chi connectivity index (χ4n) is 3.20. The summed E-state index contributed by atoms with van der Waals surface area (Å²) in [6.07, 6.45) is 0.0571. The van der Waals surface area contributed by atoms with Gasteiger partial charge in [-0.1, -0.05) is 29.8 Å². The molecule has 0 radical (unpaired) electrons. The lowest BCUT2D eigenvalue weighted by atomic mass is 9.94. The van der Waals surface area contributed by atoms with Crippen molar-refractivity contribution < 1.29 is 19.8 Å². The number of carbonyl (C=O) groups excluding carboxylic acids is 1. The summed E-state index contributed by atoms with van der Waals surface area (Å²) in [6.45, 7) is 5.72. The fourth-order valence-corrected chi connectivity index (χ4v) is 3.20. The summed E-state index contributed by atoms with van der Waals surface area (Å²) >= 11 is 0. The van der Waals surface area contributed by atoms with E-state index in [0.29, 0.717) is 5.56 Å². The Bertz CT molecular complexity index is 775. The third-order valence-electron chi connectivity index (χ3n) is 4.14. The van der Waals surface area contributed by atoms with Crippen molar-refractivity contribution in [2.45, 2.75) is 33.2 Å². The van der Waals surface area contributed by atoms with Gasteiger partial charge in [0.1, 0.15) is 0 Å². The molecular weight excluding hydrogens is 318 g/mol. The molecule has 0 aliphatic heterocycles. The molecule has 1 amide bonds. The topological polar surface area (TPSA) is 86.6 Å². The SMILES string of the molecule is Cc1cc(C)c(C(CO)NC(=O)Cc2cccc(C(=O)O)c2)c(C)c1. The van der Waals surface area contributed by atoms with E-state index in [1.807, 2.05) is 32.9 Å². The first-order valence-electron chi connectivity index (χ1n) is 8.12. The van der Waals surface area contributed by atoms with Crippen molar-refractivity contribution in [1.29, 1.82) is 0 Å². The number of carbonyl (C=O) groups is 2. The van der Waals surface area contributed by atoms with Crippen LogP contribution in [0.3, 0.4) is 0 Å². The zero-order valence-corrected chi connectivity index (χ0v) is 14.7. The Morgan fingerprint density at radius 2 is 1.72 bits per heavy atom. The summed E-state index contributed by atoms with van der Waals surface area (Å²) in [7, 11) is 0. The van der Waals surface area contributed by atoms with E-state index in [-0.39, 0.29) is 24.5 Å². The molecule has 132 valence electrons. The fraction of sp³-hybridized carbons (Fsp3) is 0.300. The maximum Gasteiger partial charge on any atom is 0.335 e. The third kappa shape index (κ3) is 4.67. The quantitative estimate of drug-likeness (QED) is 0.754. The van der Waals surface area contributed by atoms with Gasteiger partial charge in [-0.2, -0.15) is 0 Å². The third-order valence-corrected chi connectivity index (χ3v) is 4.14. The minimum Gasteiger partial charge on any atom is -0.478 e. The zero-order chi connectivity index (χ0) is 18.6. The van der Waals surface area contributed by atoms with Gasteiger partial charge < -0.3 is 15.5 Å². The highest BCUT2D eigenvalue weighted by atomic mass is 16.4. The van der Waals surface area contributed by atoms with Crippen LogP contribution in [0.25, 0.3) is 0 Å². The van der Waals surface area contributed by atoms with Crippen LogP contribution in [-0.2, 0) is 11.2 Å². The summed E-state index contributed by atoms with van der Waals surface area (Å²) in [4.78, 5) is 23.4. The Kier molecular flexibility index (Phi) is 5.93. The Balaban J connectivity index is 2.16. The van der Waals surface area contributed by atoms with E-state index in [9.17, 15) is 14.7 Å². The molecule has 0 aromatic heterocycles. The second-order valence-corrected chi connectivity index (χ2v) is 6.30. The first-order valence-corrected chi connectivity index (χ1v) is 8.12. The summed E-state index contributed by atoms with van der Waals surface area (Å²) in [6, 6.07) is 9.85. The molecule has 0 saturated heterocycles. The number of amides is 1. The summed E-state index contributed by atoms with van der Waals surface area (Å²) in [5.74, 6) is -1.29. The van der Waals surface area contributed by atoms with Gasteiger partial charge >= 0.3 is 5.97 Å². The molecule has 0 saturated carbocycles. The monoisotopic (exact) mass is 341 g/mol. The summed E-state index contributed by atoms with van der Waals surface area (Å²) < 4.78 is 0. The van der Waals surface area contributed by atoms with Crippen LogP contribution in [-0.4, -0.2) is 28.7 Å². The lowest BCUT2D eigenvalue weighted by molar-refractivity contribution is -0.121. The van der Waals surface area contributed by atoms with Gasteiger partial charge in [0.2, 0.25) is 5.91 Å². The van der Waals surface area contributed by atoms with Crippen LogP contribution in [0.5, 0.6) is 0 Å². The van der Waals surface area contributed by atoms with E-state index in [1.54, 1.807) is 12.1 Å². The number of aryl methyl sites for hydroxylation is 3. The van der Waals surface area contributed by atoms with Crippen LogP contribution in [0.15, 0.2) is 36.4 Å². The average Bonchev–Trinajstić information content (AvgIpc) is 2.53. The van der Waals surface area contributed by atoms with Gasteiger partial charge in [0.15, 0.2) is 0 Å². The molecular formula is C20H23NO4. The molecule has 2 aromatic carbocycles. The second kappa shape index (κ2) is 7.94. The molecule has 0 fully saturated rings. The number of aliphatic hydroxyl groups excluding tert-OH is 1. The van der Waals surface area contributed by atoms with Crippen molar-refractivity contribution >= 4 is 11.9 Å². The maximum atomic E-state index is 12.4. The first-order chi connectivity index (χ1) is 11.8. The largest absolute Gasteiger partial charge is 0.478 e. The van der Waals surface area contributed by atoms with Crippen LogP contribution in [0.1, 0.15) is 44.2 Å². The average molecular weight is 341 g/mol. The standard InChI is InChI=1S/C20H23NO4/c1-12-7-13(2)19(14(3)8-12)17(11-22)21-18(23)10-15-5-4-6-16(9-15)20(24)25/h4-9,17,22H,10-11H2,1-3H3,(H,21,23)(H,24,25). The predicted molar refractivity (Wildman–Crippen MR) is 95.7 cm³/mol. The highest BCUT2D eigenvalue weighted by molar-refractivity contribution is 5.88. The zero-order valence-electron chi connectivity index (χ0n) is 14.7. The minimum atomic E-state index is -1.03. The molecule has 25 heavy (non-hydrogen) atoms. The van der Waals surface area contributed by atoms with Gasteiger partial charge in [0, 0.05) is 0 Å². The van der Waals surface area contributed by atoms with E-state index in [1.165, 1.54) is 12.1 Å². The normalized spacial score (nSPS) is 11.8. The molecule has 0 heterocycles. The number of hydrogen-bond acceptors (Lipinski definition) is 3. The highest BCUT2D eigenvalue weighted by Crippen LogP contribution is 2.23. The number of benzene rings is 2. The number of aliphatic hydroxyl groups is 1. The van der Waals surface area contributed by atoms with E-state index in [2.05, 4.69) is 5.32 Å². The molecule has 3 N–H and O–H groups in total. The molecule has 2 aromatic rings. The predicted octanol–water partition coefficient (Wildman–Crippen LogP) is 2.70. The van der Waals surface area contributed by atoms with Crippen LogP contribution < -0.4 is 5.32 Å². The van der Waals surface area contributed by atoms with Crippen molar-refractivity contribution in [2.75, 3.05) is 6.61 Å². The molecule has 0 spiro atoms. The molecule has 0 aliphatic carbocycles. The van der Waals surface area contributed by atoms with Crippen LogP contribution in [0.2, 0.25) is 0 Å². The van der Waals surface area contributed by atoms with Crippen molar-refractivity contribution in [2.24, 2.45) is 0 Å². The van der Waals surface area contributed by atoms with Crippen molar-refractivity contribution in [3.8, 4) is 0 Å². The molecule has 1 unspecified atom stereocenters. The molecule has 5 nitrogen and oxygen atoms in total. The van der Waals surface area contributed by atoms with Gasteiger partial charge in [-0.15, -0.1) is 0 Å².